The molecule has 0 spiro atoms. The van der Waals surface area contributed by atoms with Crippen molar-refractivity contribution in [2.45, 2.75) is 51.0 Å². The predicted octanol–water partition coefficient (Wildman–Crippen LogP) is 1.28. The second kappa shape index (κ2) is 7.69. The molecule has 0 saturated carbocycles. The van der Waals surface area contributed by atoms with Crippen LogP contribution in [0.15, 0.2) is 18.2 Å². The van der Waals surface area contributed by atoms with Gasteiger partial charge >= 0.3 is 5.97 Å². The quantitative estimate of drug-likeness (QED) is 0.549. The van der Waals surface area contributed by atoms with Gasteiger partial charge in [-0.15, -0.1) is 0 Å². The van der Waals surface area contributed by atoms with Gasteiger partial charge in [-0.3, -0.25) is 34.2 Å². The number of aliphatic carboxylic acids is 1. The normalized spacial score (nSPS) is 19.3. The molecule has 8 heteroatoms. The van der Waals surface area contributed by atoms with Gasteiger partial charge in [0, 0.05) is 12.8 Å². The predicted molar refractivity (Wildman–Crippen MR) is 92.9 cm³/mol. The molecular weight excluding hydrogens is 352 g/mol. The van der Waals surface area contributed by atoms with Crippen molar-refractivity contribution < 1.29 is 29.1 Å². The van der Waals surface area contributed by atoms with E-state index in [9.17, 15) is 24.0 Å². The van der Waals surface area contributed by atoms with Crippen LogP contribution in [0, 0.1) is 0 Å². The largest absolute Gasteiger partial charge is 0.481 e. The van der Waals surface area contributed by atoms with Crippen molar-refractivity contribution in [3.63, 3.8) is 0 Å². The maximum absolute atomic E-state index is 12.9. The molecule has 0 aromatic heterocycles. The van der Waals surface area contributed by atoms with E-state index in [1.165, 1.54) is 0 Å². The topological polar surface area (TPSA) is 121 Å². The third-order valence-electron chi connectivity index (χ3n) is 4.89. The molecule has 0 aliphatic carbocycles. The van der Waals surface area contributed by atoms with Gasteiger partial charge in [0.15, 0.2) is 0 Å². The van der Waals surface area contributed by atoms with E-state index in [0.717, 1.165) is 10.5 Å². The first-order valence-corrected chi connectivity index (χ1v) is 8.95. The minimum Gasteiger partial charge on any atom is -0.481 e. The molecule has 2 heterocycles. The first-order valence-electron chi connectivity index (χ1n) is 8.95. The zero-order chi connectivity index (χ0) is 19.6. The number of fused-ring (bicyclic) bond motifs is 1. The van der Waals surface area contributed by atoms with Gasteiger partial charge < -0.3 is 5.11 Å². The highest BCUT2D eigenvalue weighted by atomic mass is 16.4. The summed E-state index contributed by atoms with van der Waals surface area (Å²) in [6.07, 6.45) is 2.82. The van der Waals surface area contributed by atoms with E-state index in [0.29, 0.717) is 31.2 Å². The Balaban J connectivity index is 1.75. The van der Waals surface area contributed by atoms with E-state index in [1.807, 2.05) is 0 Å². The zero-order valence-electron chi connectivity index (χ0n) is 14.7. The summed E-state index contributed by atoms with van der Waals surface area (Å²) in [5, 5.41) is 10.8. The number of benzene rings is 1. The van der Waals surface area contributed by atoms with Crippen LogP contribution in [0.5, 0.6) is 0 Å². The Morgan fingerprint density at radius 3 is 2.59 bits per heavy atom. The van der Waals surface area contributed by atoms with E-state index in [1.54, 1.807) is 18.2 Å². The lowest BCUT2D eigenvalue weighted by Gasteiger charge is -2.27. The van der Waals surface area contributed by atoms with E-state index in [-0.39, 0.29) is 24.8 Å². The molecule has 2 N–H and O–H groups in total. The SMILES string of the molecule is O=C(O)CCCCCc1cccc2c1C(=O)N(C1CCC(=O)NC1=O)C2=O. The Hall–Kier alpha value is -3.03. The highest BCUT2D eigenvalue weighted by molar-refractivity contribution is 6.24. The monoisotopic (exact) mass is 372 g/mol. The van der Waals surface area contributed by atoms with Gasteiger partial charge in [-0.1, -0.05) is 18.6 Å². The number of nitrogens with zero attached hydrogens (tertiary/aromatic N) is 1. The summed E-state index contributed by atoms with van der Waals surface area (Å²) in [6.45, 7) is 0. The molecule has 2 aliphatic rings. The smallest absolute Gasteiger partial charge is 0.303 e. The number of carboxylic acid groups (broad SMARTS) is 1. The Labute approximate surface area is 155 Å². The van der Waals surface area contributed by atoms with Gasteiger partial charge in [0.25, 0.3) is 11.8 Å². The number of carbonyl (C=O) groups is 5. The average Bonchev–Trinajstić information content (AvgIpc) is 2.87. The summed E-state index contributed by atoms with van der Waals surface area (Å²) in [5.41, 5.74) is 1.30. The number of amides is 4. The minimum absolute atomic E-state index is 0.0836. The Morgan fingerprint density at radius 1 is 1.11 bits per heavy atom. The highest BCUT2D eigenvalue weighted by Crippen LogP contribution is 2.30. The molecule has 3 rings (SSSR count). The summed E-state index contributed by atoms with van der Waals surface area (Å²) in [6, 6.07) is 4.06. The first kappa shape index (κ1) is 18.8. The van der Waals surface area contributed by atoms with Gasteiger partial charge in [0.1, 0.15) is 6.04 Å². The van der Waals surface area contributed by atoms with Crippen LogP contribution in [-0.2, 0) is 20.8 Å². The molecule has 27 heavy (non-hydrogen) atoms. The van der Waals surface area contributed by atoms with Crippen LogP contribution >= 0.6 is 0 Å². The maximum atomic E-state index is 12.9. The van der Waals surface area contributed by atoms with Gasteiger partial charge in [-0.05, 0) is 37.3 Å². The molecule has 1 aromatic carbocycles. The van der Waals surface area contributed by atoms with E-state index in [4.69, 9.17) is 5.11 Å². The fraction of sp³-hybridized carbons (Fsp3) is 0.421. The average molecular weight is 372 g/mol. The van der Waals surface area contributed by atoms with Crippen molar-refractivity contribution in [3.05, 3.63) is 34.9 Å². The van der Waals surface area contributed by atoms with Crippen LogP contribution in [0.1, 0.15) is 64.8 Å². The first-order chi connectivity index (χ1) is 12.9. The van der Waals surface area contributed by atoms with E-state index < -0.39 is 35.6 Å². The molecule has 1 aromatic rings. The van der Waals surface area contributed by atoms with Crippen molar-refractivity contribution in [2.75, 3.05) is 0 Å². The van der Waals surface area contributed by atoms with E-state index in [2.05, 4.69) is 5.32 Å². The van der Waals surface area contributed by atoms with Gasteiger partial charge in [0.2, 0.25) is 11.8 Å². The van der Waals surface area contributed by atoms with Crippen LogP contribution in [0.2, 0.25) is 0 Å². The lowest BCUT2D eigenvalue weighted by molar-refractivity contribution is -0.138. The van der Waals surface area contributed by atoms with Gasteiger partial charge in [-0.25, -0.2) is 0 Å². The van der Waals surface area contributed by atoms with Gasteiger partial charge in [-0.2, -0.15) is 0 Å². The zero-order valence-corrected chi connectivity index (χ0v) is 14.7. The molecule has 1 fully saturated rings. The third kappa shape index (κ3) is 3.74. The summed E-state index contributed by atoms with van der Waals surface area (Å²) in [7, 11) is 0. The van der Waals surface area contributed by atoms with Crippen LogP contribution in [0.4, 0.5) is 0 Å². The van der Waals surface area contributed by atoms with Gasteiger partial charge in [0.05, 0.1) is 11.1 Å². The van der Waals surface area contributed by atoms with Crippen LogP contribution < -0.4 is 5.32 Å². The Bertz CT molecular complexity index is 831. The number of aryl methyl sites for hydroxylation is 1. The molecule has 1 unspecified atom stereocenters. The Morgan fingerprint density at radius 2 is 1.89 bits per heavy atom. The number of carboxylic acids is 1. The lowest BCUT2D eigenvalue weighted by atomic mass is 9.97. The number of unbranched alkanes of at least 4 members (excludes halogenated alkanes) is 2. The number of imide groups is 2. The maximum Gasteiger partial charge on any atom is 0.303 e. The Kier molecular flexibility index (Phi) is 5.34. The molecular formula is C19H20N2O6. The van der Waals surface area contributed by atoms with Crippen molar-refractivity contribution in [3.8, 4) is 0 Å². The number of carbonyl (C=O) groups excluding carboxylic acids is 4. The molecule has 142 valence electrons. The minimum atomic E-state index is -0.974. The fourth-order valence-electron chi connectivity index (χ4n) is 3.56. The fourth-order valence-corrected chi connectivity index (χ4v) is 3.56. The van der Waals surface area contributed by atoms with Crippen LogP contribution in [0.3, 0.4) is 0 Å². The third-order valence-corrected chi connectivity index (χ3v) is 4.89. The summed E-state index contributed by atoms with van der Waals surface area (Å²) >= 11 is 0. The summed E-state index contributed by atoms with van der Waals surface area (Å²) < 4.78 is 0. The molecule has 4 amide bonds. The standard InChI is InChI=1S/C19H20N2O6/c22-14-10-9-13(17(25)20-14)21-18(26)12-7-4-6-11(16(12)19(21)27)5-2-1-3-8-15(23)24/h4,6-7,13H,1-3,5,8-10H2,(H,23,24)(H,20,22,25). The summed E-state index contributed by atoms with van der Waals surface area (Å²) in [5.74, 6) is -2.90. The van der Waals surface area contributed by atoms with E-state index >= 15 is 0 Å². The van der Waals surface area contributed by atoms with Crippen molar-refractivity contribution in [1.82, 2.24) is 10.2 Å². The number of hydrogen-bond donors (Lipinski definition) is 2. The second-order valence-electron chi connectivity index (χ2n) is 6.74. The molecule has 0 radical (unpaired) electrons. The lowest BCUT2D eigenvalue weighted by Crippen LogP contribution is -2.54. The second-order valence-corrected chi connectivity index (χ2v) is 6.74. The number of nitrogens with one attached hydrogen (secondary N) is 1. The molecule has 2 aliphatic heterocycles. The number of piperidine rings is 1. The van der Waals surface area contributed by atoms with Crippen molar-refractivity contribution in [2.24, 2.45) is 0 Å². The van der Waals surface area contributed by atoms with Crippen LogP contribution in [0.25, 0.3) is 0 Å². The van der Waals surface area contributed by atoms with Crippen molar-refractivity contribution >= 4 is 29.6 Å². The number of rotatable bonds is 7. The summed E-state index contributed by atoms with van der Waals surface area (Å²) in [4.78, 5) is 60.5. The van der Waals surface area contributed by atoms with Crippen LogP contribution in [-0.4, -0.2) is 45.6 Å². The molecule has 8 nitrogen and oxygen atoms in total. The molecule has 0 bridgehead atoms. The number of hydrogen-bond acceptors (Lipinski definition) is 5. The molecule has 1 atom stereocenters. The van der Waals surface area contributed by atoms with Crippen molar-refractivity contribution in [1.29, 1.82) is 0 Å². The highest BCUT2D eigenvalue weighted by Gasteiger charge is 2.45. The molecule has 1 saturated heterocycles.